The van der Waals surface area contributed by atoms with Crippen LogP contribution in [0.1, 0.15) is 5.56 Å². The zero-order valence-corrected chi connectivity index (χ0v) is 13.6. The van der Waals surface area contributed by atoms with Crippen LogP contribution in [0, 0.1) is 6.92 Å². The number of imide groups is 1. The van der Waals surface area contributed by atoms with Crippen molar-refractivity contribution in [2.24, 2.45) is 0 Å². The van der Waals surface area contributed by atoms with E-state index in [-0.39, 0.29) is 11.7 Å². The molecule has 0 spiro atoms. The highest BCUT2D eigenvalue weighted by atomic mass is 32.2. The molecule has 0 saturated carbocycles. The Morgan fingerprint density at radius 2 is 2.26 bits per heavy atom. The SMILES string of the molecule is C=CCNC(=O)NC(=O)CSc1nccn1-c1cccc(C)c1. The Morgan fingerprint density at radius 3 is 3.00 bits per heavy atom. The van der Waals surface area contributed by atoms with Gasteiger partial charge in [-0.3, -0.25) is 14.7 Å². The van der Waals surface area contributed by atoms with E-state index in [2.05, 4.69) is 22.2 Å². The van der Waals surface area contributed by atoms with Gasteiger partial charge in [0, 0.05) is 24.6 Å². The molecule has 0 aliphatic rings. The molecule has 6 nitrogen and oxygen atoms in total. The average Bonchev–Trinajstić information content (AvgIpc) is 2.99. The van der Waals surface area contributed by atoms with E-state index < -0.39 is 6.03 Å². The van der Waals surface area contributed by atoms with Crippen LogP contribution in [0.4, 0.5) is 4.79 Å². The molecular weight excluding hydrogens is 312 g/mol. The highest BCUT2D eigenvalue weighted by Crippen LogP contribution is 2.20. The smallest absolute Gasteiger partial charge is 0.321 e. The van der Waals surface area contributed by atoms with Crippen LogP contribution in [0.15, 0.2) is 54.5 Å². The third kappa shape index (κ3) is 5.00. The summed E-state index contributed by atoms with van der Waals surface area (Å²) in [6.45, 7) is 5.81. The fourth-order valence-electron chi connectivity index (χ4n) is 1.87. The van der Waals surface area contributed by atoms with Crippen molar-refractivity contribution in [3.05, 3.63) is 54.9 Å². The molecule has 7 heteroatoms. The van der Waals surface area contributed by atoms with E-state index in [0.29, 0.717) is 11.7 Å². The number of aromatic nitrogens is 2. The predicted molar refractivity (Wildman–Crippen MR) is 90.8 cm³/mol. The van der Waals surface area contributed by atoms with Crippen LogP contribution in [0.5, 0.6) is 0 Å². The lowest BCUT2D eigenvalue weighted by atomic mass is 10.2. The maximum Gasteiger partial charge on any atom is 0.321 e. The molecule has 0 radical (unpaired) electrons. The van der Waals surface area contributed by atoms with E-state index in [1.807, 2.05) is 42.0 Å². The first-order valence-electron chi connectivity index (χ1n) is 7.02. The molecule has 2 rings (SSSR count). The number of imidazole rings is 1. The van der Waals surface area contributed by atoms with Gasteiger partial charge in [0.05, 0.1) is 5.75 Å². The number of hydrogen-bond acceptors (Lipinski definition) is 4. The molecular formula is C16H18N4O2S. The fourth-order valence-corrected chi connectivity index (χ4v) is 2.65. The summed E-state index contributed by atoms with van der Waals surface area (Å²) in [5, 5.41) is 5.42. The maximum absolute atomic E-state index is 11.8. The number of benzene rings is 1. The summed E-state index contributed by atoms with van der Waals surface area (Å²) >= 11 is 1.27. The maximum atomic E-state index is 11.8. The summed E-state index contributed by atoms with van der Waals surface area (Å²) in [4.78, 5) is 27.4. The molecule has 3 amide bonds. The van der Waals surface area contributed by atoms with E-state index >= 15 is 0 Å². The topological polar surface area (TPSA) is 76.0 Å². The zero-order chi connectivity index (χ0) is 16.7. The van der Waals surface area contributed by atoms with Gasteiger partial charge in [-0.1, -0.05) is 30.0 Å². The quantitative estimate of drug-likeness (QED) is 0.629. The van der Waals surface area contributed by atoms with Crippen LogP contribution in [0.3, 0.4) is 0 Å². The molecule has 0 atom stereocenters. The number of aryl methyl sites for hydroxylation is 1. The van der Waals surface area contributed by atoms with Gasteiger partial charge in [-0.25, -0.2) is 9.78 Å². The summed E-state index contributed by atoms with van der Waals surface area (Å²) in [7, 11) is 0. The van der Waals surface area contributed by atoms with Crippen molar-refractivity contribution in [3.8, 4) is 5.69 Å². The highest BCUT2D eigenvalue weighted by molar-refractivity contribution is 7.99. The third-order valence-electron chi connectivity index (χ3n) is 2.88. The lowest BCUT2D eigenvalue weighted by Gasteiger charge is -2.08. The number of thioether (sulfide) groups is 1. The molecule has 1 aromatic carbocycles. The minimum atomic E-state index is -0.530. The van der Waals surface area contributed by atoms with Crippen LogP contribution >= 0.6 is 11.8 Å². The Balaban J connectivity index is 1.94. The predicted octanol–water partition coefficient (Wildman–Crippen LogP) is 2.28. The van der Waals surface area contributed by atoms with Crippen molar-refractivity contribution >= 4 is 23.7 Å². The first kappa shape index (κ1) is 16.8. The van der Waals surface area contributed by atoms with E-state index in [4.69, 9.17) is 0 Å². The molecule has 0 unspecified atom stereocenters. The van der Waals surface area contributed by atoms with Crippen molar-refractivity contribution in [3.63, 3.8) is 0 Å². The number of hydrogen-bond donors (Lipinski definition) is 2. The molecule has 0 fully saturated rings. The third-order valence-corrected chi connectivity index (χ3v) is 3.85. The number of nitrogens with one attached hydrogen (secondary N) is 2. The van der Waals surface area contributed by atoms with Crippen molar-refractivity contribution in [2.75, 3.05) is 12.3 Å². The van der Waals surface area contributed by atoms with Gasteiger partial charge in [0.15, 0.2) is 5.16 Å². The Kier molecular flexibility index (Phi) is 5.99. The van der Waals surface area contributed by atoms with Gasteiger partial charge in [-0.15, -0.1) is 6.58 Å². The summed E-state index contributed by atoms with van der Waals surface area (Å²) in [5.41, 5.74) is 2.12. The molecule has 1 aromatic heterocycles. The molecule has 2 N–H and O–H groups in total. The zero-order valence-electron chi connectivity index (χ0n) is 12.8. The summed E-state index contributed by atoms with van der Waals surface area (Å²) < 4.78 is 1.91. The highest BCUT2D eigenvalue weighted by Gasteiger charge is 2.11. The summed E-state index contributed by atoms with van der Waals surface area (Å²) in [6, 6.07) is 7.46. The van der Waals surface area contributed by atoms with Crippen molar-refractivity contribution < 1.29 is 9.59 Å². The van der Waals surface area contributed by atoms with Gasteiger partial charge >= 0.3 is 6.03 Å². The van der Waals surface area contributed by atoms with Crippen LogP contribution in [-0.4, -0.2) is 33.8 Å². The molecule has 0 aliphatic heterocycles. The number of amides is 3. The number of urea groups is 1. The van der Waals surface area contributed by atoms with Gasteiger partial charge in [0.2, 0.25) is 5.91 Å². The fraction of sp³-hybridized carbons (Fsp3) is 0.188. The number of carbonyl (C=O) groups is 2. The minimum absolute atomic E-state index is 0.102. The van der Waals surface area contributed by atoms with Crippen LogP contribution in [0.2, 0.25) is 0 Å². The van der Waals surface area contributed by atoms with Gasteiger partial charge in [-0.05, 0) is 24.6 Å². The van der Waals surface area contributed by atoms with Gasteiger partial charge in [-0.2, -0.15) is 0 Å². The molecule has 0 saturated heterocycles. The molecule has 0 aliphatic carbocycles. The largest absolute Gasteiger partial charge is 0.334 e. The second-order valence-corrected chi connectivity index (χ2v) is 5.70. The second-order valence-electron chi connectivity index (χ2n) is 4.75. The van der Waals surface area contributed by atoms with Gasteiger partial charge in [0.25, 0.3) is 0 Å². The normalized spacial score (nSPS) is 10.1. The van der Waals surface area contributed by atoms with E-state index in [0.717, 1.165) is 11.3 Å². The molecule has 23 heavy (non-hydrogen) atoms. The molecule has 120 valence electrons. The monoisotopic (exact) mass is 330 g/mol. The number of rotatable bonds is 6. The van der Waals surface area contributed by atoms with Crippen molar-refractivity contribution in [2.45, 2.75) is 12.1 Å². The summed E-state index contributed by atoms with van der Waals surface area (Å²) in [5.74, 6) is -0.278. The van der Waals surface area contributed by atoms with Gasteiger partial charge in [0.1, 0.15) is 0 Å². The molecule has 1 heterocycles. The Hall–Kier alpha value is -2.54. The Labute approximate surface area is 139 Å². The van der Waals surface area contributed by atoms with E-state index in [1.165, 1.54) is 17.8 Å². The van der Waals surface area contributed by atoms with Crippen LogP contribution < -0.4 is 10.6 Å². The lowest BCUT2D eigenvalue weighted by molar-refractivity contribution is -0.117. The van der Waals surface area contributed by atoms with Crippen LogP contribution in [-0.2, 0) is 4.79 Å². The molecule has 0 bridgehead atoms. The second kappa shape index (κ2) is 8.19. The molecule has 2 aromatic rings. The van der Waals surface area contributed by atoms with E-state index in [1.54, 1.807) is 6.20 Å². The summed E-state index contributed by atoms with van der Waals surface area (Å²) in [6.07, 6.45) is 5.06. The average molecular weight is 330 g/mol. The standard InChI is InChI=1S/C16H18N4O2S/c1-3-7-17-15(22)19-14(21)11-23-16-18-8-9-20(16)13-6-4-5-12(2)10-13/h3-6,8-10H,1,7,11H2,2H3,(H2,17,19,21,22). The minimum Gasteiger partial charge on any atom is -0.334 e. The Morgan fingerprint density at radius 1 is 1.43 bits per heavy atom. The first-order valence-corrected chi connectivity index (χ1v) is 8.00. The first-order chi connectivity index (χ1) is 11.1. The van der Waals surface area contributed by atoms with Crippen LogP contribution in [0.25, 0.3) is 5.69 Å². The van der Waals surface area contributed by atoms with E-state index in [9.17, 15) is 9.59 Å². The van der Waals surface area contributed by atoms with Gasteiger partial charge < -0.3 is 5.32 Å². The van der Waals surface area contributed by atoms with Crippen molar-refractivity contribution in [1.82, 2.24) is 20.2 Å². The Bertz CT molecular complexity index is 712. The number of carbonyl (C=O) groups excluding carboxylic acids is 2. The lowest BCUT2D eigenvalue weighted by Crippen LogP contribution is -2.40. The number of nitrogens with zero attached hydrogens (tertiary/aromatic N) is 2. The van der Waals surface area contributed by atoms with Crippen molar-refractivity contribution in [1.29, 1.82) is 0 Å².